The molecular weight excluding hydrogens is 276 g/mol. The smallest absolute Gasteiger partial charge is 0.109 e. The van der Waals surface area contributed by atoms with Gasteiger partial charge in [0.25, 0.3) is 0 Å². The summed E-state index contributed by atoms with van der Waals surface area (Å²) in [6, 6.07) is 0.151. The van der Waals surface area contributed by atoms with Gasteiger partial charge in [0, 0.05) is 24.2 Å². The second-order valence-electron chi connectivity index (χ2n) is 4.57. The van der Waals surface area contributed by atoms with Crippen LogP contribution in [0.2, 0.25) is 0 Å². The first kappa shape index (κ1) is 17.5. The monoisotopic (exact) mass is 302 g/mol. The summed E-state index contributed by atoms with van der Waals surface area (Å²) in [4.78, 5) is 5.67. The SMILES string of the molecule is CCOCCOCC(O)CNC(C)c1ncc(CC)s1. The highest BCUT2D eigenvalue weighted by molar-refractivity contribution is 7.11. The number of hydrogen-bond donors (Lipinski definition) is 2. The van der Waals surface area contributed by atoms with Crippen molar-refractivity contribution >= 4 is 11.3 Å². The summed E-state index contributed by atoms with van der Waals surface area (Å²) in [5.74, 6) is 0. The lowest BCUT2D eigenvalue weighted by molar-refractivity contribution is 0.00586. The Morgan fingerprint density at radius 1 is 1.35 bits per heavy atom. The van der Waals surface area contributed by atoms with Crippen molar-refractivity contribution in [2.45, 2.75) is 39.3 Å². The highest BCUT2D eigenvalue weighted by Gasteiger charge is 2.12. The molecule has 2 N–H and O–H groups in total. The molecule has 0 aliphatic rings. The molecule has 0 aromatic carbocycles. The average molecular weight is 302 g/mol. The molecule has 0 aliphatic heterocycles. The Bertz CT molecular complexity index is 360. The van der Waals surface area contributed by atoms with E-state index in [0.717, 1.165) is 11.4 Å². The molecule has 1 heterocycles. The second-order valence-corrected chi connectivity index (χ2v) is 5.72. The predicted molar refractivity (Wildman–Crippen MR) is 81.2 cm³/mol. The van der Waals surface area contributed by atoms with Gasteiger partial charge in [-0.15, -0.1) is 11.3 Å². The maximum absolute atomic E-state index is 9.81. The van der Waals surface area contributed by atoms with Gasteiger partial charge in [-0.1, -0.05) is 6.92 Å². The summed E-state index contributed by atoms with van der Waals surface area (Å²) in [5.41, 5.74) is 0. The molecule has 0 amide bonds. The van der Waals surface area contributed by atoms with Crippen LogP contribution in [0.4, 0.5) is 0 Å². The number of aromatic nitrogens is 1. The Morgan fingerprint density at radius 2 is 2.10 bits per heavy atom. The van der Waals surface area contributed by atoms with Crippen molar-refractivity contribution in [1.29, 1.82) is 0 Å². The number of thiazole rings is 1. The van der Waals surface area contributed by atoms with Gasteiger partial charge in [-0.25, -0.2) is 4.98 Å². The van der Waals surface area contributed by atoms with Gasteiger partial charge in [0.1, 0.15) is 5.01 Å². The highest BCUT2D eigenvalue weighted by atomic mass is 32.1. The van der Waals surface area contributed by atoms with Crippen molar-refractivity contribution in [3.05, 3.63) is 16.1 Å². The fourth-order valence-corrected chi connectivity index (χ4v) is 2.51. The van der Waals surface area contributed by atoms with Crippen molar-refractivity contribution in [3.63, 3.8) is 0 Å². The standard InChI is InChI=1S/C14H26N2O3S/c1-4-13-9-16-14(20-13)11(3)15-8-12(17)10-19-7-6-18-5-2/h9,11-12,15,17H,4-8,10H2,1-3H3. The van der Waals surface area contributed by atoms with Gasteiger partial charge in [-0.2, -0.15) is 0 Å². The number of aliphatic hydroxyl groups is 1. The Morgan fingerprint density at radius 3 is 2.75 bits per heavy atom. The molecule has 5 nitrogen and oxygen atoms in total. The second kappa shape index (κ2) is 10.2. The first-order valence-electron chi connectivity index (χ1n) is 7.18. The molecule has 0 aliphatic carbocycles. The minimum atomic E-state index is -0.510. The molecule has 1 aromatic heterocycles. The highest BCUT2D eigenvalue weighted by Crippen LogP contribution is 2.19. The lowest BCUT2D eigenvalue weighted by Gasteiger charge is -2.15. The quantitative estimate of drug-likeness (QED) is 0.610. The van der Waals surface area contributed by atoms with E-state index in [2.05, 4.69) is 24.1 Å². The molecule has 0 bridgehead atoms. The van der Waals surface area contributed by atoms with Gasteiger partial charge in [0.15, 0.2) is 0 Å². The summed E-state index contributed by atoms with van der Waals surface area (Å²) < 4.78 is 10.5. The van der Waals surface area contributed by atoms with Gasteiger partial charge in [0.05, 0.1) is 32.0 Å². The van der Waals surface area contributed by atoms with Crippen molar-refractivity contribution < 1.29 is 14.6 Å². The largest absolute Gasteiger partial charge is 0.389 e. The summed E-state index contributed by atoms with van der Waals surface area (Å²) in [5, 5.41) is 14.1. The van der Waals surface area contributed by atoms with Crippen LogP contribution < -0.4 is 5.32 Å². The van der Waals surface area contributed by atoms with E-state index in [-0.39, 0.29) is 6.04 Å². The van der Waals surface area contributed by atoms with E-state index in [4.69, 9.17) is 9.47 Å². The molecule has 1 aromatic rings. The minimum Gasteiger partial charge on any atom is -0.389 e. The molecular formula is C14H26N2O3S. The molecule has 0 saturated carbocycles. The van der Waals surface area contributed by atoms with E-state index < -0.39 is 6.10 Å². The maximum Gasteiger partial charge on any atom is 0.109 e. The van der Waals surface area contributed by atoms with Crippen LogP contribution in [0.1, 0.15) is 36.7 Å². The van der Waals surface area contributed by atoms with Gasteiger partial charge in [0.2, 0.25) is 0 Å². The summed E-state index contributed by atoms with van der Waals surface area (Å²) in [7, 11) is 0. The lowest BCUT2D eigenvalue weighted by atomic mass is 10.3. The van der Waals surface area contributed by atoms with Crippen LogP contribution >= 0.6 is 11.3 Å². The molecule has 116 valence electrons. The third kappa shape index (κ3) is 6.76. The molecule has 1 rings (SSSR count). The van der Waals surface area contributed by atoms with Crippen LogP contribution in [-0.4, -0.2) is 49.2 Å². The minimum absolute atomic E-state index is 0.151. The van der Waals surface area contributed by atoms with E-state index in [0.29, 0.717) is 33.0 Å². The maximum atomic E-state index is 9.81. The lowest BCUT2D eigenvalue weighted by Crippen LogP contribution is -2.32. The fourth-order valence-electron chi connectivity index (χ4n) is 1.63. The van der Waals surface area contributed by atoms with E-state index in [9.17, 15) is 5.11 Å². The Kier molecular flexibility index (Phi) is 8.97. The zero-order valence-corrected chi connectivity index (χ0v) is 13.4. The zero-order chi connectivity index (χ0) is 14.8. The third-order valence-corrected chi connectivity index (χ3v) is 4.16. The summed E-state index contributed by atoms with van der Waals surface area (Å²) in [6.45, 7) is 8.74. The van der Waals surface area contributed by atoms with Crippen molar-refractivity contribution in [3.8, 4) is 0 Å². The van der Waals surface area contributed by atoms with E-state index in [1.807, 2.05) is 13.1 Å². The molecule has 20 heavy (non-hydrogen) atoms. The van der Waals surface area contributed by atoms with Gasteiger partial charge >= 0.3 is 0 Å². The van der Waals surface area contributed by atoms with Crippen molar-refractivity contribution in [1.82, 2.24) is 10.3 Å². The normalized spacial score (nSPS) is 14.4. The van der Waals surface area contributed by atoms with Crippen LogP contribution in [-0.2, 0) is 15.9 Å². The number of ether oxygens (including phenoxy) is 2. The van der Waals surface area contributed by atoms with E-state index >= 15 is 0 Å². The molecule has 0 spiro atoms. The fraction of sp³-hybridized carbons (Fsp3) is 0.786. The van der Waals surface area contributed by atoms with Gasteiger partial charge < -0.3 is 19.9 Å². The van der Waals surface area contributed by atoms with Gasteiger partial charge in [-0.3, -0.25) is 0 Å². The number of rotatable bonds is 11. The number of aryl methyl sites for hydroxylation is 1. The topological polar surface area (TPSA) is 63.6 Å². The molecule has 0 radical (unpaired) electrons. The Labute approximate surface area is 125 Å². The zero-order valence-electron chi connectivity index (χ0n) is 12.6. The van der Waals surface area contributed by atoms with Gasteiger partial charge in [-0.05, 0) is 20.3 Å². The van der Waals surface area contributed by atoms with Crippen molar-refractivity contribution in [2.75, 3.05) is 33.0 Å². The molecule has 0 saturated heterocycles. The number of nitrogens with zero attached hydrogens (tertiary/aromatic N) is 1. The van der Waals surface area contributed by atoms with Crippen molar-refractivity contribution in [2.24, 2.45) is 0 Å². The summed E-state index contributed by atoms with van der Waals surface area (Å²) >= 11 is 1.72. The molecule has 0 fully saturated rings. The third-order valence-electron chi connectivity index (χ3n) is 2.84. The number of nitrogens with one attached hydrogen (secondary N) is 1. The van der Waals surface area contributed by atoms with Crippen LogP contribution in [0.25, 0.3) is 0 Å². The van der Waals surface area contributed by atoms with E-state index in [1.165, 1.54) is 4.88 Å². The van der Waals surface area contributed by atoms with Crippen LogP contribution in [0.15, 0.2) is 6.20 Å². The first-order chi connectivity index (χ1) is 9.67. The Hall–Kier alpha value is -0.530. The molecule has 6 heteroatoms. The van der Waals surface area contributed by atoms with Crippen LogP contribution in [0.3, 0.4) is 0 Å². The average Bonchev–Trinajstić information content (AvgIpc) is 2.93. The first-order valence-corrected chi connectivity index (χ1v) is 8.00. The molecule has 2 unspecified atom stereocenters. The van der Waals surface area contributed by atoms with Crippen LogP contribution in [0, 0.1) is 0 Å². The van der Waals surface area contributed by atoms with Crippen LogP contribution in [0.5, 0.6) is 0 Å². The molecule has 2 atom stereocenters. The summed E-state index contributed by atoms with van der Waals surface area (Å²) in [6.07, 6.45) is 2.43. The van der Waals surface area contributed by atoms with E-state index in [1.54, 1.807) is 11.3 Å². The Balaban J connectivity index is 2.14. The number of aliphatic hydroxyl groups excluding tert-OH is 1. The number of hydrogen-bond acceptors (Lipinski definition) is 6. The predicted octanol–water partition coefficient (Wildman–Crippen LogP) is 1.77.